The summed E-state index contributed by atoms with van der Waals surface area (Å²) in [4.78, 5) is 12.3. The van der Waals surface area contributed by atoms with Crippen molar-refractivity contribution in [1.29, 1.82) is 0 Å². The molecule has 0 amide bonds. The van der Waals surface area contributed by atoms with Crippen molar-refractivity contribution in [2.24, 2.45) is 0 Å². The number of hydrogen-bond donors (Lipinski definition) is 1. The molecule has 1 heterocycles. The van der Waals surface area contributed by atoms with Crippen molar-refractivity contribution in [3.63, 3.8) is 0 Å². The van der Waals surface area contributed by atoms with Crippen molar-refractivity contribution in [2.75, 3.05) is 11.9 Å². The van der Waals surface area contributed by atoms with E-state index >= 15 is 0 Å². The van der Waals surface area contributed by atoms with Gasteiger partial charge in [0, 0.05) is 24.2 Å². The number of Topliss-reactive ketones (excluding diaryl/α,β-unsaturated/α-hetero) is 1. The molecular formula is C17H16FNO. The predicted octanol–water partition coefficient (Wildman–Crippen LogP) is 3.53. The first kappa shape index (κ1) is 12.9. The quantitative estimate of drug-likeness (QED) is 0.864. The highest BCUT2D eigenvalue weighted by molar-refractivity contribution is 5.98. The van der Waals surface area contributed by atoms with Gasteiger partial charge in [-0.05, 0) is 60.4 Å². The van der Waals surface area contributed by atoms with Crippen LogP contribution in [0.5, 0.6) is 0 Å². The van der Waals surface area contributed by atoms with Crippen LogP contribution in [-0.4, -0.2) is 12.3 Å². The minimum absolute atomic E-state index is 0.0782. The first-order chi connectivity index (χ1) is 9.63. The molecule has 0 aliphatic carbocycles. The largest absolute Gasteiger partial charge is 0.384 e. The van der Waals surface area contributed by atoms with Crippen LogP contribution in [0.15, 0.2) is 36.4 Å². The number of carbonyl (C=O) groups excluding carboxylic acids is 1. The Morgan fingerprint density at radius 1 is 1.25 bits per heavy atom. The molecule has 1 aliphatic rings. The van der Waals surface area contributed by atoms with Crippen molar-refractivity contribution >= 4 is 11.5 Å². The molecule has 0 fully saturated rings. The maximum Gasteiger partial charge on any atom is 0.167 e. The Kier molecular flexibility index (Phi) is 3.26. The number of nitrogens with one attached hydrogen (secondary N) is 1. The van der Waals surface area contributed by atoms with E-state index in [9.17, 15) is 9.18 Å². The van der Waals surface area contributed by atoms with Crippen LogP contribution in [0.25, 0.3) is 0 Å². The van der Waals surface area contributed by atoms with Gasteiger partial charge in [0.05, 0.1) is 0 Å². The third-order valence-electron chi connectivity index (χ3n) is 3.79. The van der Waals surface area contributed by atoms with Crippen LogP contribution in [0.4, 0.5) is 10.1 Å². The van der Waals surface area contributed by atoms with Gasteiger partial charge in [0.25, 0.3) is 0 Å². The van der Waals surface area contributed by atoms with Crippen molar-refractivity contribution in [3.05, 3.63) is 64.5 Å². The summed E-state index contributed by atoms with van der Waals surface area (Å²) in [5.41, 5.74) is 4.76. The smallest absolute Gasteiger partial charge is 0.167 e. The van der Waals surface area contributed by atoms with E-state index in [1.54, 1.807) is 6.07 Å². The fourth-order valence-corrected chi connectivity index (χ4v) is 2.61. The molecule has 1 aliphatic heterocycles. The van der Waals surface area contributed by atoms with E-state index in [1.807, 2.05) is 25.1 Å². The maximum atomic E-state index is 13.1. The summed E-state index contributed by atoms with van der Waals surface area (Å²) < 4.78 is 13.1. The van der Waals surface area contributed by atoms with Crippen LogP contribution in [0, 0.1) is 12.7 Å². The minimum atomic E-state index is -0.262. The summed E-state index contributed by atoms with van der Waals surface area (Å²) in [7, 11) is 0. The van der Waals surface area contributed by atoms with E-state index in [0.29, 0.717) is 6.42 Å². The Morgan fingerprint density at radius 3 is 2.90 bits per heavy atom. The van der Waals surface area contributed by atoms with Crippen LogP contribution in [0.3, 0.4) is 0 Å². The highest BCUT2D eigenvalue weighted by atomic mass is 19.1. The van der Waals surface area contributed by atoms with Gasteiger partial charge >= 0.3 is 0 Å². The molecule has 2 aromatic carbocycles. The zero-order chi connectivity index (χ0) is 14.1. The first-order valence-corrected chi connectivity index (χ1v) is 6.78. The molecule has 0 saturated carbocycles. The molecule has 0 spiro atoms. The normalized spacial score (nSPS) is 12.9. The van der Waals surface area contributed by atoms with Gasteiger partial charge in [-0.3, -0.25) is 4.79 Å². The summed E-state index contributed by atoms with van der Waals surface area (Å²) in [6.45, 7) is 2.77. The van der Waals surface area contributed by atoms with Crippen molar-refractivity contribution in [1.82, 2.24) is 0 Å². The number of aryl methyl sites for hydroxylation is 1. The average Bonchev–Trinajstić information content (AvgIpc) is 2.89. The van der Waals surface area contributed by atoms with Gasteiger partial charge in [-0.2, -0.15) is 0 Å². The summed E-state index contributed by atoms with van der Waals surface area (Å²) in [5.74, 6) is -0.184. The lowest BCUT2D eigenvalue weighted by Gasteiger charge is -2.07. The second-order valence-corrected chi connectivity index (χ2v) is 5.22. The molecular weight excluding hydrogens is 253 g/mol. The fourth-order valence-electron chi connectivity index (χ4n) is 2.61. The van der Waals surface area contributed by atoms with Gasteiger partial charge in [0.15, 0.2) is 5.78 Å². The third kappa shape index (κ3) is 2.44. The number of anilines is 1. The van der Waals surface area contributed by atoms with Crippen LogP contribution in [0.1, 0.15) is 27.0 Å². The highest BCUT2D eigenvalue weighted by Gasteiger charge is 2.14. The zero-order valence-corrected chi connectivity index (χ0v) is 11.4. The third-order valence-corrected chi connectivity index (χ3v) is 3.79. The number of hydrogen-bond acceptors (Lipinski definition) is 2. The number of halogens is 1. The van der Waals surface area contributed by atoms with Crippen LogP contribution in [-0.2, 0) is 12.8 Å². The molecule has 102 valence electrons. The molecule has 0 atom stereocenters. The van der Waals surface area contributed by atoms with Crippen LogP contribution >= 0.6 is 0 Å². The van der Waals surface area contributed by atoms with Crippen molar-refractivity contribution < 1.29 is 9.18 Å². The number of ketones is 1. The molecule has 20 heavy (non-hydrogen) atoms. The number of carbonyl (C=O) groups is 1. The van der Waals surface area contributed by atoms with Gasteiger partial charge < -0.3 is 5.32 Å². The minimum Gasteiger partial charge on any atom is -0.384 e. The molecule has 0 saturated heterocycles. The van der Waals surface area contributed by atoms with Crippen LogP contribution < -0.4 is 5.32 Å². The van der Waals surface area contributed by atoms with Gasteiger partial charge in [-0.1, -0.05) is 6.07 Å². The summed E-state index contributed by atoms with van der Waals surface area (Å²) >= 11 is 0. The Morgan fingerprint density at radius 2 is 2.10 bits per heavy atom. The summed E-state index contributed by atoms with van der Waals surface area (Å²) in [6.07, 6.45) is 1.28. The number of fused-ring (bicyclic) bond motifs is 1. The lowest BCUT2D eigenvalue weighted by atomic mass is 9.98. The van der Waals surface area contributed by atoms with Crippen LogP contribution in [0.2, 0.25) is 0 Å². The first-order valence-electron chi connectivity index (χ1n) is 6.78. The summed E-state index contributed by atoms with van der Waals surface area (Å²) in [6, 6.07) is 10.4. The summed E-state index contributed by atoms with van der Waals surface area (Å²) in [5, 5.41) is 3.28. The lowest BCUT2D eigenvalue weighted by molar-refractivity contribution is 0.0992. The molecule has 0 radical (unpaired) electrons. The van der Waals surface area contributed by atoms with E-state index in [0.717, 1.165) is 35.3 Å². The van der Waals surface area contributed by atoms with E-state index in [2.05, 4.69) is 5.32 Å². The van der Waals surface area contributed by atoms with E-state index in [-0.39, 0.29) is 11.6 Å². The topological polar surface area (TPSA) is 29.1 Å². The maximum absolute atomic E-state index is 13.1. The standard InChI is InChI=1S/C17H16FNO/c1-11-8-15(18)4-2-12(11)10-17(20)14-3-5-16-13(9-14)6-7-19-16/h2-5,8-9,19H,6-7,10H2,1H3. The molecule has 0 unspecified atom stereocenters. The molecule has 2 nitrogen and oxygen atoms in total. The van der Waals surface area contributed by atoms with E-state index in [4.69, 9.17) is 0 Å². The monoisotopic (exact) mass is 269 g/mol. The highest BCUT2D eigenvalue weighted by Crippen LogP contribution is 2.24. The van der Waals surface area contributed by atoms with Gasteiger partial charge in [-0.15, -0.1) is 0 Å². The van der Waals surface area contributed by atoms with E-state index in [1.165, 1.54) is 17.7 Å². The SMILES string of the molecule is Cc1cc(F)ccc1CC(=O)c1ccc2c(c1)CCN2. The Hall–Kier alpha value is -2.16. The van der Waals surface area contributed by atoms with Crippen molar-refractivity contribution in [2.45, 2.75) is 19.8 Å². The Balaban J connectivity index is 1.82. The lowest BCUT2D eigenvalue weighted by Crippen LogP contribution is -2.05. The molecule has 0 bridgehead atoms. The second kappa shape index (κ2) is 5.08. The van der Waals surface area contributed by atoms with Gasteiger partial charge in [0.1, 0.15) is 5.82 Å². The molecule has 2 aromatic rings. The average molecular weight is 269 g/mol. The Bertz CT molecular complexity index is 679. The Labute approximate surface area is 117 Å². The molecule has 3 heteroatoms. The fraction of sp³-hybridized carbons (Fsp3) is 0.235. The molecule has 3 rings (SSSR count). The predicted molar refractivity (Wildman–Crippen MR) is 77.8 cm³/mol. The van der Waals surface area contributed by atoms with E-state index < -0.39 is 0 Å². The second-order valence-electron chi connectivity index (χ2n) is 5.22. The molecule has 1 N–H and O–H groups in total. The zero-order valence-electron chi connectivity index (χ0n) is 11.4. The van der Waals surface area contributed by atoms with Gasteiger partial charge in [0.2, 0.25) is 0 Å². The number of rotatable bonds is 3. The number of benzene rings is 2. The molecule has 0 aromatic heterocycles. The van der Waals surface area contributed by atoms with Crippen molar-refractivity contribution in [3.8, 4) is 0 Å². The van der Waals surface area contributed by atoms with Gasteiger partial charge in [-0.25, -0.2) is 4.39 Å².